The molecule has 1 N–H and O–H groups in total. The lowest BCUT2D eigenvalue weighted by atomic mass is 10.2. The highest BCUT2D eigenvalue weighted by atomic mass is 32.2. The molecule has 2 aromatic rings. The van der Waals surface area contributed by atoms with Gasteiger partial charge in [-0.15, -0.1) is 0 Å². The van der Waals surface area contributed by atoms with Crippen molar-refractivity contribution < 1.29 is 23.1 Å². The molecule has 0 aliphatic heterocycles. The molecule has 0 aliphatic rings. The molecule has 8 heteroatoms. The number of alkyl halides is 3. The highest BCUT2D eigenvalue weighted by Crippen LogP contribution is 2.30. The van der Waals surface area contributed by atoms with Crippen molar-refractivity contribution in [3.63, 3.8) is 0 Å². The summed E-state index contributed by atoms with van der Waals surface area (Å²) in [5.74, 6) is -1.16. The van der Waals surface area contributed by atoms with Gasteiger partial charge >= 0.3 is 12.1 Å². The van der Waals surface area contributed by atoms with Crippen LogP contribution in [0.2, 0.25) is 0 Å². The number of nitrogens with zero attached hydrogens (tertiary/aromatic N) is 2. The third kappa shape index (κ3) is 3.32. The third-order valence-electron chi connectivity index (χ3n) is 2.40. The van der Waals surface area contributed by atoms with Crippen molar-refractivity contribution >= 4 is 17.7 Å². The fourth-order valence-corrected chi connectivity index (χ4v) is 2.22. The first-order chi connectivity index (χ1) is 9.38. The lowest BCUT2D eigenvalue weighted by molar-refractivity contribution is -0.137. The van der Waals surface area contributed by atoms with Crippen LogP contribution in [-0.4, -0.2) is 26.4 Å². The molecule has 0 saturated heterocycles. The number of hydrogen-bond acceptors (Lipinski definition) is 3. The minimum atomic E-state index is -4.38. The number of carbonyl (C=O) groups is 1. The quantitative estimate of drug-likeness (QED) is 0.882. The van der Waals surface area contributed by atoms with E-state index < -0.39 is 17.7 Å². The Labute approximate surface area is 116 Å². The van der Waals surface area contributed by atoms with Gasteiger partial charge in [0.25, 0.3) is 0 Å². The number of halogens is 3. The van der Waals surface area contributed by atoms with Crippen LogP contribution in [0.3, 0.4) is 0 Å². The van der Waals surface area contributed by atoms with Gasteiger partial charge in [0, 0.05) is 18.1 Å². The Morgan fingerprint density at radius 3 is 2.50 bits per heavy atom. The van der Waals surface area contributed by atoms with Crippen LogP contribution in [-0.2, 0) is 11.0 Å². The Hall–Kier alpha value is -1.96. The molecular formula is C12H9F3N2O2S. The summed E-state index contributed by atoms with van der Waals surface area (Å²) < 4.78 is 38.9. The molecule has 1 heterocycles. The van der Waals surface area contributed by atoms with Crippen LogP contribution < -0.4 is 0 Å². The van der Waals surface area contributed by atoms with Crippen molar-refractivity contribution in [1.82, 2.24) is 9.55 Å². The molecule has 0 bridgehead atoms. The third-order valence-corrected chi connectivity index (χ3v) is 3.36. The predicted octanol–water partition coefficient (Wildman–Crippen LogP) is 3.07. The Balaban J connectivity index is 2.24. The summed E-state index contributed by atoms with van der Waals surface area (Å²) in [6.07, 6.45) is -1.36. The first-order valence-corrected chi connectivity index (χ1v) is 6.42. The minimum absolute atomic E-state index is 0.169. The maximum atomic E-state index is 12.5. The summed E-state index contributed by atoms with van der Waals surface area (Å²) in [7, 11) is 0. The molecule has 0 saturated carbocycles. The van der Waals surface area contributed by atoms with E-state index in [4.69, 9.17) is 5.11 Å². The molecule has 1 aromatic carbocycles. The zero-order valence-corrected chi connectivity index (χ0v) is 10.8. The van der Waals surface area contributed by atoms with Gasteiger partial charge in [0.05, 0.1) is 11.3 Å². The van der Waals surface area contributed by atoms with Gasteiger partial charge in [-0.3, -0.25) is 9.36 Å². The van der Waals surface area contributed by atoms with Gasteiger partial charge < -0.3 is 5.11 Å². The van der Waals surface area contributed by atoms with E-state index in [1.165, 1.54) is 22.9 Å². The van der Waals surface area contributed by atoms with Crippen LogP contribution in [0, 0.1) is 0 Å². The maximum absolute atomic E-state index is 12.5. The second-order valence-corrected chi connectivity index (χ2v) is 4.75. The van der Waals surface area contributed by atoms with Gasteiger partial charge in [-0.25, -0.2) is 4.98 Å². The molecule has 0 spiro atoms. The minimum Gasteiger partial charge on any atom is -0.481 e. The van der Waals surface area contributed by atoms with Crippen LogP contribution in [0.5, 0.6) is 0 Å². The zero-order valence-electron chi connectivity index (χ0n) is 9.96. The average molecular weight is 302 g/mol. The number of aliphatic carboxylic acids is 1. The van der Waals surface area contributed by atoms with Crippen LogP contribution >= 0.6 is 11.8 Å². The number of hydrogen-bond donors (Lipinski definition) is 1. The van der Waals surface area contributed by atoms with Crippen molar-refractivity contribution in [2.24, 2.45) is 0 Å². The lowest BCUT2D eigenvalue weighted by Gasteiger charge is -2.09. The average Bonchev–Trinajstić information content (AvgIpc) is 2.83. The molecule has 106 valence electrons. The van der Waals surface area contributed by atoms with Crippen molar-refractivity contribution in [1.29, 1.82) is 0 Å². The van der Waals surface area contributed by atoms with Crippen LogP contribution in [0.15, 0.2) is 41.8 Å². The van der Waals surface area contributed by atoms with Crippen LogP contribution in [0.4, 0.5) is 13.2 Å². The first-order valence-electron chi connectivity index (χ1n) is 5.43. The van der Waals surface area contributed by atoms with Gasteiger partial charge in [-0.2, -0.15) is 13.2 Å². The fraction of sp³-hybridized carbons (Fsp3) is 0.167. The van der Waals surface area contributed by atoms with Crippen LogP contribution in [0.25, 0.3) is 5.69 Å². The zero-order chi connectivity index (χ0) is 14.8. The summed E-state index contributed by atoms with van der Waals surface area (Å²) in [5.41, 5.74) is -0.246. The summed E-state index contributed by atoms with van der Waals surface area (Å²) in [6, 6.07) is 4.58. The molecule has 0 aliphatic carbocycles. The van der Waals surface area contributed by atoms with E-state index in [2.05, 4.69) is 4.98 Å². The van der Waals surface area contributed by atoms with Crippen molar-refractivity contribution in [2.45, 2.75) is 11.3 Å². The van der Waals surface area contributed by atoms with E-state index in [1.807, 2.05) is 0 Å². The number of imidazole rings is 1. The number of aromatic nitrogens is 2. The number of thioether (sulfide) groups is 1. The van der Waals surface area contributed by atoms with Crippen molar-refractivity contribution in [3.05, 3.63) is 42.2 Å². The second-order valence-electron chi connectivity index (χ2n) is 3.81. The monoisotopic (exact) mass is 302 g/mol. The SMILES string of the molecule is O=C(O)CSc1nccn1-c1ccc(C(F)(F)F)cc1. The highest BCUT2D eigenvalue weighted by Gasteiger charge is 2.30. The first kappa shape index (κ1) is 14.4. The molecule has 20 heavy (non-hydrogen) atoms. The van der Waals surface area contributed by atoms with Crippen molar-refractivity contribution in [3.8, 4) is 5.69 Å². The summed E-state index contributed by atoms with van der Waals surface area (Å²) >= 11 is 0.996. The fourth-order valence-electron chi connectivity index (χ4n) is 1.53. The molecule has 0 amide bonds. The summed E-state index contributed by atoms with van der Waals surface area (Å²) in [5, 5.41) is 9.03. The highest BCUT2D eigenvalue weighted by molar-refractivity contribution is 7.99. The van der Waals surface area contributed by atoms with Crippen molar-refractivity contribution in [2.75, 3.05) is 5.75 Å². The standard InChI is InChI=1S/C12H9F3N2O2S/c13-12(14,15)8-1-3-9(4-2-8)17-6-5-16-11(17)20-7-10(18)19/h1-6H,7H2,(H,18,19). The number of rotatable bonds is 4. The van der Waals surface area contributed by atoms with Gasteiger partial charge in [0.2, 0.25) is 0 Å². The molecule has 2 rings (SSSR count). The van der Waals surface area contributed by atoms with E-state index in [1.54, 1.807) is 6.20 Å². The number of benzene rings is 1. The largest absolute Gasteiger partial charge is 0.481 e. The smallest absolute Gasteiger partial charge is 0.416 e. The second kappa shape index (κ2) is 5.58. The summed E-state index contributed by atoms with van der Waals surface area (Å²) in [4.78, 5) is 14.5. The normalized spacial score (nSPS) is 11.6. The van der Waals surface area contributed by atoms with E-state index >= 15 is 0 Å². The predicted molar refractivity (Wildman–Crippen MR) is 66.9 cm³/mol. The number of carboxylic acid groups (broad SMARTS) is 1. The Kier molecular flexibility index (Phi) is 4.03. The molecule has 0 unspecified atom stereocenters. The molecule has 0 radical (unpaired) electrons. The van der Waals surface area contributed by atoms with Gasteiger partial charge in [-0.1, -0.05) is 11.8 Å². The van der Waals surface area contributed by atoms with Gasteiger partial charge in [0.1, 0.15) is 0 Å². The Bertz CT molecular complexity index is 608. The Morgan fingerprint density at radius 1 is 1.30 bits per heavy atom. The van der Waals surface area contributed by atoms with E-state index in [0.29, 0.717) is 10.8 Å². The topological polar surface area (TPSA) is 55.1 Å². The van der Waals surface area contributed by atoms with Crippen LogP contribution in [0.1, 0.15) is 5.56 Å². The molecular weight excluding hydrogens is 293 g/mol. The van der Waals surface area contributed by atoms with E-state index in [0.717, 1.165) is 23.9 Å². The molecule has 0 fully saturated rings. The van der Waals surface area contributed by atoms with E-state index in [9.17, 15) is 18.0 Å². The molecule has 1 aromatic heterocycles. The number of carboxylic acids is 1. The van der Waals surface area contributed by atoms with E-state index in [-0.39, 0.29) is 5.75 Å². The molecule has 0 atom stereocenters. The Morgan fingerprint density at radius 2 is 1.95 bits per heavy atom. The maximum Gasteiger partial charge on any atom is 0.416 e. The lowest BCUT2D eigenvalue weighted by Crippen LogP contribution is -2.05. The van der Waals surface area contributed by atoms with Gasteiger partial charge in [0.15, 0.2) is 5.16 Å². The van der Waals surface area contributed by atoms with Gasteiger partial charge in [-0.05, 0) is 24.3 Å². The summed E-state index contributed by atoms with van der Waals surface area (Å²) in [6.45, 7) is 0. The molecule has 4 nitrogen and oxygen atoms in total.